The van der Waals surface area contributed by atoms with Crippen LogP contribution in [0.1, 0.15) is 36.7 Å². The van der Waals surface area contributed by atoms with Crippen LogP contribution in [0.25, 0.3) is 33.5 Å². The van der Waals surface area contributed by atoms with Gasteiger partial charge in [-0.1, -0.05) is 6.07 Å². The van der Waals surface area contributed by atoms with Crippen molar-refractivity contribution in [1.82, 2.24) is 19.5 Å². The molecule has 0 aliphatic rings. The van der Waals surface area contributed by atoms with Crippen LogP contribution in [0.15, 0.2) is 48.8 Å². The minimum atomic E-state index is -1.08. The van der Waals surface area contributed by atoms with Gasteiger partial charge in [-0.15, -0.1) is 0 Å². The zero-order valence-electron chi connectivity index (χ0n) is 17.3. The maximum Gasteiger partial charge on any atom is 0.336 e. The van der Waals surface area contributed by atoms with Gasteiger partial charge in [-0.25, -0.2) is 19.7 Å². The molecular weight excluding hydrogens is 392 g/mol. The number of carbonyl (C=O) groups is 1. The van der Waals surface area contributed by atoms with Crippen LogP contribution in [-0.2, 0) is 5.54 Å². The average Bonchev–Trinajstić information content (AvgIpc) is 3.12. The largest absolute Gasteiger partial charge is 0.478 e. The highest BCUT2D eigenvalue weighted by molar-refractivity contribution is 5.97. The van der Waals surface area contributed by atoms with Crippen LogP contribution < -0.4 is 5.73 Å². The summed E-state index contributed by atoms with van der Waals surface area (Å²) in [4.78, 5) is 24.8. The van der Waals surface area contributed by atoms with Crippen molar-refractivity contribution in [2.45, 2.75) is 26.3 Å². The number of carboxylic acids is 1. The van der Waals surface area contributed by atoms with Gasteiger partial charge >= 0.3 is 5.97 Å². The summed E-state index contributed by atoms with van der Waals surface area (Å²) in [7, 11) is 0. The number of hydrogen-bond acceptors (Lipinski definition) is 6. The fraction of sp³-hybridized carbons (Fsp3) is 0.174. The first-order chi connectivity index (χ1) is 14.7. The van der Waals surface area contributed by atoms with Crippen LogP contribution in [0, 0.1) is 11.3 Å². The Bertz CT molecular complexity index is 1360. The molecule has 31 heavy (non-hydrogen) atoms. The van der Waals surface area contributed by atoms with E-state index < -0.39 is 11.5 Å². The Kier molecular flexibility index (Phi) is 4.67. The molecule has 0 bridgehead atoms. The number of imidazole rings is 1. The number of aromatic nitrogens is 4. The molecule has 0 atom stereocenters. The molecule has 2 aromatic heterocycles. The highest BCUT2D eigenvalue weighted by Crippen LogP contribution is 2.35. The van der Waals surface area contributed by atoms with Crippen LogP contribution in [0.3, 0.4) is 0 Å². The predicted molar refractivity (Wildman–Crippen MR) is 117 cm³/mol. The third kappa shape index (κ3) is 3.57. The number of nitriles is 1. The van der Waals surface area contributed by atoms with Gasteiger partial charge in [0.25, 0.3) is 0 Å². The summed E-state index contributed by atoms with van der Waals surface area (Å²) in [5, 5.41) is 19.1. The molecule has 0 unspecified atom stereocenters. The fourth-order valence-corrected chi connectivity index (χ4v) is 3.59. The number of hydrogen-bond donors (Lipinski definition) is 2. The number of carboxylic acid groups (broad SMARTS) is 1. The van der Waals surface area contributed by atoms with E-state index in [4.69, 9.17) is 10.7 Å². The Hall–Kier alpha value is -4.25. The lowest BCUT2D eigenvalue weighted by Crippen LogP contribution is -2.23. The highest BCUT2D eigenvalue weighted by atomic mass is 16.4. The standard InChI is InChI=1S/C23H20N6O2/c1-23(2,3)29-19-7-5-14(15-11-26-22(25)27-12-15)9-18(19)28-20(29)17-8-13(10-24)4-6-16(17)21(30)31/h4-9,11-12H,1-3H3,(H,30,31)(H2,25,26,27). The molecular formula is C23H20N6O2. The number of anilines is 1. The molecule has 0 saturated carbocycles. The summed E-state index contributed by atoms with van der Waals surface area (Å²) < 4.78 is 1.99. The number of nitrogens with two attached hydrogens (primary N) is 1. The third-order valence-corrected chi connectivity index (χ3v) is 4.95. The number of nitrogens with zero attached hydrogens (tertiary/aromatic N) is 5. The van der Waals surface area contributed by atoms with E-state index in [1.165, 1.54) is 12.1 Å². The average molecular weight is 412 g/mol. The van der Waals surface area contributed by atoms with E-state index in [9.17, 15) is 15.2 Å². The Morgan fingerprint density at radius 2 is 1.81 bits per heavy atom. The Labute approximate surface area is 178 Å². The molecule has 8 heteroatoms. The van der Waals surface area contributed by atoms with Crippen molar-refractivity contribution in [1.29, 1.82) is 5.26 Å². The van der Waals surface area contributed by atoms with Crippen molar-refractivity contribution in [3.8, 4) is 28.6 Å². The van der Waals surface area contributed by atoms with Crippen LogP contribution in [0.5, 0.6) is 0 Å². The zero-order chi connectivity index (χ0) is 22.3. The van der Waals surface area contributed by atoms with Gasteiger partial charge in [0.2, 0.25) is 5.95 Å². The van der Waals surface area contributed by atoms with Gasteiger partial charge in [0.05, 0.1) is 28.2 Å². The first-order valence-corrected chi connectivity index (χ1v) is 9.58. The van der Waals surface area contributed by atoms with Crippen LogP contribution in [0.4, 0.5) is 5.95 Å². The van der Waals surface area contributed by atoms with Gasteiger partial charge < -0.3 is 15.4 Å². The van der Waals surface area contributed by atoms with Gasteiger partial charge in [-0.2, -0.15) is 5.26 Å². The van der Waals surface area contributed by atoms with E-state index in [0.29, 0.717) is 22.5 Å². The number of nitrogen functional groups attached to an aromatic ring is 1. The van der Waals surface area contributed by atoms with Crippen molar-refractivity contribution in [3.63, 3.8) is 0 Å². The molecule has 0 fully saturated rings. The van der Waals surface area contributed by atoms with Gasteiger partial charge in [0.15, 0.2) is 0 Å². The summed E-state index contributed by atoms with van der Waals surface area (Å²) in [6, 6.07) is 12.4. The molecule has 0 saturated heterocycles. The van der Waals surface area contributed by atoms with Gasteiger partial charge in [-0.05, 0) is 56.7 Å². The molecule has 8 nitrogen and oxygen atoms in total. The van der Waals surface area contributed by atoms with Crippen LogP contribution in [0.2, 0.25) is 0 Å². The quantitative estimate of drug-likeness (QED) is 0.518. The minimum Gasteiger partial charge on any atom is -0.478 e. The van der Waals surface area contributed by atoms with Crippen LogP contribution >= 0.6 is 0 Å². The van der Waals surface area contributed by atoms with Gasteiger partial charge in [0, 0.05) is 29.1 Å². The Balaban J connectivity index is 2.01. The van der Waals surface area contributed by atoms with Crippen LogP contribution in [-0.4, -0.2) is 30.6 Å². The first kappa shape index (κ1) is 20.0. The monoisotopic (exact) mass is 412 g/mol. The van der Waals surface area contributed by atoms with Crippen molar-refractivity contribution >= 4 is 23.0 Å². The van der Waals surface area contributed by atoms with E-state index >= 15 is 0 Å². The van der Waals surface area contributed by atoms with E-state index in [-0.39, 0.29) is 11.5 Å². The van der Waals surface area contributed by atoms with E-state index in [1.807, 2.05) is 43.5 Å². The number of fused-ring (bicyclic) bond motifs is 1. The second kappa shape index (κ2) is 7.22. The van der Waals surface area contributed by atoms with Gasteiger partial charge in [0.1, 0.15) is 5.82 Å². The molecule has 0 radical (unpaired) electrons. The van der Waals surface area contributed by atoms with E-state index in [0.717, 1.165) is 16.6 Å². The summed E-state index contributed by atoms with van der Waals surface area (Å²) in [5.41, 5.74) is 9.24. The molecule has 0 spiro atoms. The Morgan fingerprint density at radius 1 is 1.10 bits per heavy atom. The normalized spacial score (nSPS) is 11.4. The predicted octanol–water partition coefficient (Wildman–Crippen LogP) is 4.07. The third-order valence-electron chi connectivity index (χ3n) is 4.95. The second-order valence-corrected chi connectivity index (χ2v) is 8.15. The molecule has 4 rings (SSSR count). The molecule has 0 aliphatic carbocycles. The number of rotatable bonds is 3. The lowest BCUT2D eigenvalue weighted by atomic mass is 10.0. The smallest absolute Gasteiger partial charge is 0.336 e. The topological polar surface area (TPSA) is 131 Å². The summed E-state index contributed by atoms with van der Waals surface area (Å²) >= 11 is 0. The number of benzene rings is 2. The lowest BCUT2D eigenvalue weighted by molar-refractivity contribution is 0.0697. The summed E-state index contributed by atoms with van der Waals surface area (Å²) in [6.45, 7) is 6.07. The van der Waals surface area contributed by atoms with Gasteiger partial charge in [-0.3, -0.25) is 0 Å². The highest BCUT2D eigenvalue weighted by Gasteiger charge is 2.26. The number of aromatic carboxylic acids is 1. The fourth-order valence-electron chi connectivity index (χ4n) is 3.59. The molecule has 2 aromatic carbocycles. The van der Waals surface area contributed by atoms with Crippen molar-refractivity contribution in [2.24, 2.45) is 0 Å². The molecule has 3 N–H and O–H groups in total. The first-order valence-electron chi connectivity index (χ1n) is 9.58. The van der Waals surface area contributed by atoms with Crippen molar-refractivity contribution in [2.75, 3.05) is 5.73 Å². The molecule has 4 aromatic rings. The Morgan fingerprint density at radius 3 is 2.42 bits per heavy atom. The van der Waals surface area contributed by atoms with Crippen molar-refractivity contribution < 1.29 is 9.90 Å². The van der Waals surface area contributed by atoms with Crippen molar-refractivity contribution in [3.05, 3.63) is 59.9 Å². The molecule has 0 aliphatic heterocycles. The SMILES string of the molecule is CC(C)(C)n1c(-c2cc(C#N)ccc2C(=O)O)nc2cc(-c3cnc(N)nc3)ccc21. The maximum absolute atomic E-state index is 11.9. The molecule has 0 amide bonds. The second-order valence-electron chi connectivity index (χ2n) is 8.15. The van der Waals surface area contributed by atoms with E-state index in [2.05, 4.69) is 16.0 Å². The lowest BCUT2D eigenvalue weighted by Gasteiger charge is -2.25. The minimum absolute atomic E-state index is 0.0898. The molecule has 2 heterocycles. The summed E-state index contributed by atoms with van der Waals surface area (Å²) in [6.07, 6.45) is 3.29. The molecule has 154 valence electrons. The maximum atomic E-state index is 11.9. The van der Waals surface area contributed by atoms with E-state index in [1.54, 1.807) is 18.5 Å². The summed E-state index contributed by atoms with van der Waals surface area (Å²) in [5.74, 6) is -0.392. The zero-order valence-corrected chi connectivity index (χ0v) is 17.3.